The van der Waals surface area contributed by atoms with Gasteiger partial charge in [-0.05, 0) is 41.6 Å². The minimum atomic E-state index is 0.0297. The maximum Gasteiger partial charge on any atom is 0.253 e. The number of nitrogens with zero attached hydrogens (tertiary/aromatic N) is 6. The lowest BCUT2D eigenvalue weighted by atomic mass is 10.1. The molecule has 2 heterocycles. The number of hydrogen-bond acceptors (Lipinski definition) is 6. The van der Waals surface area contributed by atoms with Gasteiger partial charge in [-0.1, -0.05) is 24.3 Å². The lowest BCUT2D eigenvalue weighted by Crippen LogP contribution is -2.48. The fraction of sp³-hybridized carbons (Fsp3) is 0.333. The van der Waals surface area contributed by atoms with Crippen LogP contribution in [-0.4, -0.2) is 64.3 Å². The van der Waals surface area contributed by atoms with Crippen molar-refractivity contribution in [1.82, 2.24) is 25.1 Å². The summed E-state index contributed by atoms with van der Waals surface area (Å²) >= 11 is 0. The first-order valence-corrected chi connectivity index (χ1v) is 9.75. The molecule has 4 rings (SSSR count). The van der Waals surface area contributed by atoms with E-state index in [9.17, 15) is 4.79 Å². The van der Waals surface area contributed by atoms with Gasteiger partial charge >= 0.3 is 0 Å². The number of para-hydroxylation sites is 2. The van der Waals surface area contributed by atoms with E-state index in [0.717, 1.165) is 30.1 Å². The summed E-state index contributed by atoms with van der Waals surface area (Å²) in [5.41, 5.74) is 2.56. The minimum Gasteiger partial charge on any atom is -0.495 e. The minimum absolute atomic E-state index is 0.0297. The van der Waals surface area contributed by atoms with E-state index in [1.54, 1.807) is 11.8 Å². The third-order valence-electron chi connectivity index (χ3n) is 5.19. The van der Waals surface area contributed by atoms with E-state index in [1.807, 2.05) is 54.3 Å². The normalized spacial score (nSPS) is 14.1. The second kappa shape index (κ2) is 8.30. The number of tetrazole rings is 1. The third kappa shape index (κ3) is 3.78. The average Bonchev–Trinajstić information content (AvgIpc) is 3.28. The zero-order valence-corrected chi connectivity index (χ0v) is 16.7. The van der Waals surface area contributed by atoms with Crippen LogP contribution < -0.4 is 9.64 Å². The van der Waals surface area contributed by atoms with Crippen LogP contribution in [0.25, 0.3) is 11.4 Å². The molecule has 8 nitrogen and oxygen atoms in total. The average molecular weight is 392 g/mol. The van der Waals surface area contributed by atoms with E-state index in [-0.39, 0.29) is 5.91 Å². The standard InChI is InChI=1S/C21H24N6O2/c1-3-27-20(22-23-24-27)16-7-6-8-17(15-16)21(28)26-13-11-25(12-14-26)18-9-4-5-10-19(18)29-2/h4-10,15H,3,11-14H2,1-2H3. The van der Waals surface area contributed by atoms with Gasteiger partial charge in [0.15, 0.2) is 5.82 Å². The maximum absolute atomic E-state index is 13.1. The number of benzene rings is 2. The van der Waals surface area contributed by atoms with Crippen molar-refractivity contribution in [2.24, 2.45) is 0 Å². The molecule has 0 saturated carbocycles. The fourth-order valence-corrected chi connectivity index (χ4v) is 3.64. The maximum atomic E-state index is 13.1. The van der Waals surface area contributed by atoms with Gasteiger partial charge in [-0.15, -0.1) is 5.10 Å². The second-order valence-corrected chi connectivity index (χ2v) is 6.85. The van der Waals surface area contributed by atoms with E-state index in [1.165, 1.54) is 0 Å². The highest BCUT2D eigenvalue weighted by Gasteiger charge is 2.24. The lowest BCUT2D eigenvalue weighted by Gasteiger charge is -2.36. The largest absolute Gasteiger partial charge is 0.495 e. The van der Waals surface area contributed by atoms with Crippen LogP contribution in [-0.2, 0) is 6.54 Å². The molecule has 0 radical (unpaired) electrons. The molecule has 29 heavy (non-hydrogen) atoms. The number of aromatic nitrogens is 4. The Hall–Kier alpha value is -3.42. The summed E-state index contributed by atoms with van der Waals surface area (Å²) in [5, 5.41) is 11.8. The third-order valence-corrected chi connectivity index (χ3v) is 5.19. The van der Waals surface area contributed by atoms with Crippen LogP contribution in [0.15, 0.2) is 48.5 Å². The Balaban J connectivity index is 1.47. The Labute approximate surface area is 169 Å². The molecule has 0 atom stereocenters. The van der Waals surface area contributed by atoms with Crippen molar-refractivity contribution in [2.75, 3.05) is 38.2 Å². The smallest absolute Gasteiger partial charge is 0.253 e. The van der Waals surface area contributed by atoms with Crippen molar-refractivity contribution in [3.05, 3.63) is 54.1 Å². The van der Waals surface area contributed by atoms with Gasteiger partial charge in [-0.3, -0.25) is 4.79 Å². The fourth-order valence-electron chi connectivity index (χ4n) is 3.64. The van der Waals surface area contributed by atoms with Gasteiger partial charge in [0.2, 0.25) is 0 Å². The molecule has 0 spiro atoms. The highest BCUT2D eigenvalue weighted by molar-refractivity contribution is 5.95. The Morgan fingerprint density at radius 3 is 2.62 bits per heavy atom. The van der Waals surface area contributed by atoms with Gasteiger partial charge in [0, 0.05) is 43.9 Å². The molecule has 150 valence electrons. The molecule has 8 heteroatoms. The van der Waals surface area contributed by atoms with E-state index in [4.69, 9.17) is 4.74 Å². The van der Waals surface area contributed by atoms with Gasteiger partial charge in [-0.25, -0.2) is 4.68 Å². The zero-order valence-electron chi connectivity index (χ0n) is 16.7. The Morgan fingerprint density at radius 1 is 1.07 bits per heavy atom. The number of amides is 1. The summed E-state index contributed by atoms with van der Waals surface area (Å²) < 4.78 is 7.19. The van der Waals surface area contributed by atoms with Crippen molar-refractivity contribution in [1.29, 1.82) is 0 Å². The summed E-state index contributed by atoms with van der Waals surface area (Å²) in [6, 6.07) is 15.5. The molecule has 0 aliphatic carbocycles. The number of ether oxygens (including phenoxy) is 1. The van der Waals surface area contributed by atoms with Crippen LogP contribution in [0.2, 0.25) is 0 Å². The van der Waals surface area contributed by atoms with Crippen molar-refractivity contribution in [3.8, 4) is 17.1 Å². The quantitative estimate of drug-likeness (QED) is 0.663. The Kier molecular flexibility index (Phi) is 5.41. The van der Waals surface area contributed by atoms with Crippen LogP contribution >= 0.6 is 0 Å². The molecule has 3 aromatic rings. The number of hydrogen-bond donors (Lipinski definition) is 0. The van der Waals surface area contributed by atoms with E-state index >= 15 is 0 Å². The summed E-state index contributed by atoms with van der Waals surface area (Å²) in [7, 11) is 1.68. The Bertz CT molecular complexity index is 994. The number of rotatable bonds is 5. The summed E-state index contributed by atoms with van der Waals surface area (Å²) in [6.07, 6.45) is 0. The number of anilines is 1. The number of piperazine rings is 1. The Morgan fingerprint density at radius 2 is 1.86 bits per heavy atom. The van der Waals surface area contributed by atoms with E-state index < -0.39 is 0 Å². The van der Waals surface area contributed by atoms with Crippen LogP contribution in [0, 0.1) is 0 Å². The SMILES string of the molecule is CCn1nnnc1-c1cccc(C(=O)N2CCN(c3ccccc3OC)CC2)c1. The van der Waals surface area contributed by atoms with Gasteiger partial charge in [0.25, 0.3) is 5.91 Å². The van der Waals surface area contributed by atoms with Crippen molar-refractivity contribution in [2.45, 2.75) is 13.5 Å². The van der Waals surface area contributed by atoms with Gasteiger partial charge in [0.1, 0.15) is 5.75 Å². The highest BCUT2D eigenvalue weighted by Crippen LogP contribution is 2.28. The summed E-state index contributed by atoms with van der Waals surface area (Å²) in [6.45, 7) is 5.50. The molecule has 1 fully saturated rings. The lowest BCUT2D eigenvalue weighted by molar-refractivity contribution is 0.0746. The van der Waals surface area contributed by atoms with E-state index in [0.29, 0.717) is 31.0 Å². The van der Waals surface area contributed by atoms with Gasteiger partial charge in [0.05, 0.1) is 12.8 Å². The topological polar surface area (TPSA) is 76.4 Å². The molecule has 1 aliphatic heterocycles. The molecule has 2 aromatic carbocycles. The van der Waals surface area contributed by atoms with Crippen LogP contribution in [0.3, 0.4) is 0 Å². The van der Waals surface area contributed by atoms with Crippen LogP contribution in [0.1, 0.15) is 17.3 Å². The molecule has 0 unspecified atom stereocenters. The number of carbonyl (C=O) groups excluding carboxylic acids is 1. The number of aryl methyl sites for hydroxylation is 1. The van der Waals surface area contributed by atoms with Crippen molar-refractivity contribution < 1.29 is 9.53 Å². The first-order chi connectivity index (χ1) is 14.2. The van der Waals surface area contributed by atoms with Gasteiger partial charge in [-0.2, -0.15) is 0 Å². The molecular formula is C21H24N6O2. The van der Waals surface area contributed by atoms with Crippen molar-refractivity contribution in [3.63, 3.8) is 0 Å². The number of methoxy groups -OCH3 is 1. The van der Waals surface area contributed by atoms with E-state index in [2.05, 4.69) is 26.5 Å². The van der Waals surface area contributed by atoms with Crippen LogP contribution in [0.5, 0.6) is 5.75 Å². The predicted molar refractivity (Wildman–Crippen MR) is 110 cm³/mol. The van der Waals surface area contributed by atoms with Crippen LogP contribution in [0.4, 0.5) is 5.69 Å². The predicted octanol–water partition coefficient (Wildman–Crippen LogP) is 2.33. The molecule has 0 N–H and O–H groups in total. The second-order valence-electron chi connectivity index (χ2n) is 6.85. The molecule has 0 bridgehead atoms. The first kappa shape index (κ1) is 18.9. The molecule has 1 aromatic heterocycles. The van der Waals surface area contributed by atoms with Crippen molar-refractivity contribution >= 4 is 11.6 Å². The van der Waals surface area contributed by atoms with Gasteiger partial charge < -0.3 is 14.5 Å². The molecule has 1 amide bonds. The monoisotopic (exact) mass is 392 g/mol. The first-order valence-electron chi connectivity index (χ1n) is 9.75. The summed E-state index contributed by atoms with van der Waals surface area (Å²) in [5.74, 6) is 1.55. The summed E-state index contributed by atoms with van der Waals surface area (Å²) in [4.78, 5) is 17.2. The molecular weight excluding hydrogens is 368 g/mol. The number of carbonyl (C=O) groups is 1. The highest BCUT2D eigenvalue weighted by atomic mass is 16.5. The molecule has 1 aliphatic rings. The zero-order chi connectivity index (χ0) is 20.2. The molecule has 1 saturated heterocycles.